The van der Waals surface area contributed by atoms with Gasteiger partial charge in [0.1, 0.15) is 48.8 Å². The Hall–Kier alpha value is -1.27. The van der Waals surface area contributed by atoms with E-state index in [1.165, 1.54) is 360 Å². The van der Waals surface area contributed by atoms with Gasteiger partial charge < -0.3 is 65.1 Å². The van der Waals surface area contributed by atoms with Crippen molar-refractivity contribution in [3.63, 3.8) is 0 Å². The Labute approximate surface area is 603 Å². The summed E-state index contributed by atoms with van der Waals surface area (Å²) in [7, 11) is 0. The number of hydrogen-bond acceptors (Lipinski definition) is 13. The molecule has 0 spiro atoms. The molecule has 2 rings (SSSR count). The fraction of sp³-hybridized carbons (Fsp3) is 0.964. The summed E-state index contributed by atoms with van der Waals surface area (Å²) in [5.74, 6) is -0.228. The molecule has 2 heterocycles. The fourth-order valence-corrected chi connectivity index (χ4v) is 14.7. The van der Waals surface area contributed by atoms with E-state index in [0.717, 1.165) is 44.9 Å². The number of rotatable bonds is 74. The normalized spacial score (nSPS) is 22.0. The second-order valence-corrected chi connectivity index (χ2v) is 30.7. The van der Waals surface area contributed by atoms with Gasteiger partial charge in [-0.15, -0.1) is 0 Å². The van der Waals surface area contributed by atoms with Crippen molar-refractivity contribution in [3.05, 3.63) is 12.2 Å². The number of carbonyl (C=O) groups is 1. The summed E-state index contributed by atoms with van der Waals surface area (Å²) in [6, 6.07) is -0.913. The van der Waals surface area contributed by atoms with Gasteiger partial charge in [0.15, 0.2) is 12.6 Å². The third kappa shape index (κ3) is 51.0. The molecule has 1 amide bonds. The van der Waals surface area contributed by atoms with E-state index < -0.39 is 86.8 Å². The maximum atomic E-state index is 13.4. The fourth-order valence-electron chi connectivity index (χ4n) is 14.7. The van der Waals surface area contributed by atoms with E-state index in [1.807, 2.05) is 6.08 Å². The van der Waals surface area contributed by atoms with Gasteiger partial charge in [-0.05, 0) is 19.3 Å². The van der Waals surface area contributed by atoms with Gasteiger partial charge >= 0.3 is 0 Å². The number of amides is 1. The highest BCUT2D eigenvalue weighted by atomic mass is 16.7. The van der Waals surface area contributed by atoms with Gasteiger partial charge in [-0.25, -0.2) is 0 Å². The molecule has 2 aliphatic heterocycles. The molecular formula is C84H163NO13. The van der Waals surface area contributed by atoms with Crippen molar-refractivity contribution in [2.75, 3.05) is 19.8 Å². The quantitative estimate of drug-likeness (QED) is 0.0204. The predicted molar refractivity (Wildman–Crippen MR) is 406 cm³/mol. The van der Waals surface area contributed by atoms with Crippen LogP contribution in [-0.4, -0.2) is 140 Å². The highest BCUT2D eigenvalue weighted by Gasteiger charge is 2.51. The molecule has 2 aliphatic rings. The van der Waals surface area contributed by atoms with Crippen molar-refractivity contribution in [1.82, 2.24) is 5.32 Å². The summed E-state index contributed by atoms with van der Waals surface area (Å²) in [5, 5.41) is 87.7. The van der Waals surface area contributed by atoms with Crippen molar-refractivity contribution in [3.8, 4) is 0 Å². The minimum atomic E-state index is -1.79. The summed E-state index contributed by atoms with van der Waals surface area (Å²) in [4.78, 5) is 13.4. The topological polar surface area (TPSA) is 228 Å². The summed E-state index contributed by atoms with van der Waals surface area (Å²) in [5.41, 5.74) is 0. The van der Waals surface area contributed by atoms with Gasteiger partial charge in [-0.3, -0.25) is 4.79 Å². The Kier molecular flexibility index (Phi) is 65.2. The second-order valence-electron chi connectivity index (χ2n) is 30.7. The van der Waals surface area contributed by atoms with Crippen LogP contribution in [0.5, 0.6) is 0 Å². The first-order valence-electron chi connectivity index (χ1n) is 42.9. The number of nitrogens with one attached hydrogen (secondary N) is 1. The second kappa shape index (κ2) is 68.8. The highest BCUT2D eigenvalue weighted by molar-refractivity contribution is 5.76. The van der Waals surface area contributed by atoms with Crippen LogP contribution < -0.4 is 5.32 Å². The number of aliphatic hydroxyl groups excluding tert-OH is 8. The summed E-state index contributed by atoms with van der Waals surface area (Å²) in [6.07, 6.45) is 71.8. The van der Waals surface area contributed by atoms with Crippen LogP contribution in [0, 0.1) is 0 Å². The van der Waals surface area contributed by atoms with Gasteiger partial charge in [0.25, 0.3) is 0 Å². The molecule has 0 aliphatic carbocycles. The molecule has 2 saturated heterocycles. The van der Waals surface area contributed by atoms with Crippen LogP contribution in [-0.2, 0) is 23.7 Å². The van der Waals surface area contributed by atoms with Crippen LogP contribution in [0.3, 0.4) is 0 Å². The first-order chi connectivity index (χ1) is 48.1. The molecule has 9 N–H and O–H groups in total. The summed E-state index contributed by atoms with van der Waals surface area (Å²) < 4.78 is 22.9. The van der Waals surface area contributed by atoms with Crippen LogP contribution in [0.4, 0.5) is 0 Å². The Bertz CT molecular complexity index is 1690. The molecule has 2 fully saturated rings. The van der Waals surface area contributed by atoms with Crippen molar-refractivity contribution in [1.29, 1.82) is 0 Å². The van der Waals surface area contributed by atoms with E-state index in [2.05, 4.69) is 19.2 Å². The lowest BCUT2D eigenvalue weighted by molar-refractivity contribution is -0.359. The lowest BCUT2D eigenvalue weighted by Crippen LogP contribution is -2.65. The summed E-state index contributed by atoms with van der Waals surface area (Å²) in [6.45, 7) is 2.88. The lowest BCUT2D eigenvalue weighted by Gasteiger charge is -2.46. The first kappa shape index (κ1) is 92.8. The summed E-state index contributed by atoms with van der Waals surface area (Å²) >= 11 is 0. The minimum Gasteiger partial charge on any atom is -0.394 e. The molecule has 0 bridgehead atoms. The van der Waals surface area contributed by atoms with E-state index in [9.17, 15) is 45.6 Å². The maximum absolute atomic E-state index is 13.4. The number of unbranched alkanes of at least 4 members (excludes halogenated alkanes) is 61. The van der Waals surface area contributed by atoms with E-state index in [-0.39, 0.29) is 18.9 Å². The molecule has 0 saturated carbocycles. The molecular weight excluding hydrogens is 1230 g/mol. The average molecular weight is 1400 g/mol. The van der Waals surface area contributed by atoms with Crippen LogP contribution in [0.1, 0.15) is 425 Å². The van der Waals surface area contributed by atoms with Crippen molar-refractivity contribution < 1.29 is 64.6 Å². The van der Waals surface area contributed by atoms with Crippen LogP contribution in [0.2, 0.25) is 0 Å². The van der Waals surface area contributed by atoms with Crippen molar-refractivity contribution in [2.45, 2.75) is 498 Å². The number of allylic oxidation sites excluding steroid dienone is 1. The molecule has 14 heteroatoms. The van der Waals surface area contributed by atoms with Gasteiger partial charge in [0.2, 0.25) is 5.91 Å². The zero-order valence-electron chi connectivity index (χ0n) is 64.1. The minimum absolute atomic E-state index is 0.228. The predicted octanol–water partition coefficient (Wildman–Crippen LogP) is 20.0. The molecule has 14 nitrogen and oxygen atoms in total. The largest absolute Gasteiger partial charge is 0.394 e. The van der Waals surface area contributed by atoms with Crippen molar-refractivity contribution >= 4 is 5.91 Å². The zero-order chi connectivity index (χ0) is 70.8. The number of ether oxygens (including phenoxy) is 4. The van der Waals surface area contributed by atoms with Gasteiger partial charge in [0.05, 0.1) is 32.0 Å². The molecule has 582 valence electrons. The standard InChI is InChI=1S/C84H163NO13/c1-3-5-7-9-11-13-15-17-19-21-23-25-27-29-30-31-32-33-34-35-36-37-38-39-40-41-42-44-46-48-50-52-54-56-58-60-62-64-66-68-76(89)85-72(71-95-83-81(94)79(92)82(75(70-87)97-83)98-84-80(93)78(91)77(90)74(69-86)96-84)73(88)67-65-63-61-59-57-55-53-51-49-47-45-43-28-26-24-22-20-18-16-14-12-10-8-6-4-2/h65,67,72-75,77-84,86-88,90-94H,3-64,66,68-71H2,1-2H3,(H,85,89)/b67-65+. The number of carbonyl (C=O) groups excluding carboxylic acids is 1. The molecule has 0 aromatic carbocycles. The number of hydrogen-bond donors (Lipinski definition) is 9. The van der Waals surface area contributed by atoms with E-state index >= 15 is 0 Å². The molecule has 12 atom stereocenters. The molecule has 0 aromatic heterocycles. The van der Waals surface area contributed by atoms with Crippen LogP contribution >= 0.6 is 0 Å². The Balaban J connectivity index is 1.56. The Morgan fingerprint density at radius 2 is 0.633 bits per heavy atom. The zero-order valence-corrected chi connectivity index (χ0v) is 64.1. The van der Waals surface area contributed by atoms with E-state index in [4.69, 9.17) is 18.9 Å². The molecule has 0 radical (unpaired) electrons. The maximum Gasteiger partial charge on any atom is 0.220 e. The van der Waals surface area contributed by atoms with E-state index in [1.54, 1.807) is 6.08 Å². The Morgan fingerprint density at radius 3 is 0.939 bits per heavy atom. The van der Waals surface area contributed by atoms with Gasteiger partial charge in [-0.2, -0.15) is 0 Å². The molecule has 0 aromatic rings. The smallest absolute Gasteiger partial charge is 0.220 e. The average Bonchev–Trinajstić information content (AvgIpc) is 0.793. The van der Waals surface area contributed by atoms with Crippen LogP contribution in [0.25, 0.3) is 0 Å². The lowest BCUT2D eigenvalue weighted by atomic mass is 9.97. The van der Waals surface area contributed by atoms with Crippen LogP contribution in [0.15, 0.2) is 12.2 Å². The monoisotopic (exact) mass is 1390 g/mol. The Morgan fingerprint density at radius 1 is 0.357 bits per heavy atom. The van der Waals surface area contributed by atoms with Crippen molar-refractivity contribution in [2.24, 2.45) is 0 Å². The third-order valence-corrected chi connectivity index (χ3v) is 21.5. The van der Waals surface area contributed by atoms with Gasteiger partial charge in [0, 0.05) is 6.42 Å². The SMILES string of the molecule is CCCCCCCCCCCCCCCCCCCCCCCCC/C=C/C(O)C(COC1OC(CO)C(OC2OC(CO)C(O)C(O)C2O)C(O)C1O)NC(=O)CCCCCCCCCCCCCCCCCCCCCCCCCCCCCCCCCCCCCCCCC. The highest BCUT2D eigenvalue weighted by Crippen LogP contribution is 2.31. The third-order valence-electron chi connectivity index (χ3n) is 21.5. The number of aliphatic hydroxyl groups is 8. The van der Waals surface area contributed by atoms with Gasteiger partial charge in [-0.1, -0.05) is 411 Å². The van der Waals surface area contributed by atoms with E-state index in [0.29, 0.717) is 0 Å². The molecule has 98 heavy (non-hydrogen) atoms. The first-order valence-corrected chi connectivity index (χ1v) is 42.9. The molecule has 12 unspecified atom stereocenters.